The minimum Gasteiger partial charge on any atom is -0.334 e. The van der Waals surface area contributed by atoms with Gasteiger partial charge in [-0.25, -0.2) is 4.98 Å². The van der Waals surface area contributed by atoms with E-state index in [-0.39, 0.29) is 0 Å². The maximum absolute atomic E-state index is 4.10. The fraction of sp³-hybridized carbons (Fsp3) is 0.571. The molecule has 56 valence electrons. The lowest BCUT2D eigenvalue weighted by atomic mass is 10.6. The lowest BCUT2D eigenvalue weighted by Crippen LogP contribution is -2.15. The van der Waals surface area contributed by atoms with Crippen LogP contribution in [0.3, 0.4) is 0 Å². The highest BCUT2D eigenvalue weighted by molar-refractivity contribution is 4.88. The number of nitrogens with zero attached hydrogens (tertiary/aromatic N) is 2. The number of aryl methyl sites for hydroxylation is 1. The average molecular weight is 139 g/mol. The first-order chi connectivity index (χ1) is 4.84. The van der Waals surface area contributed by atoms with Crippen LogP contribution in [0.1, 0.15) is 5.82 Å². The summed E-state index contributed by atoms with van der Waals surface area (Å²) in [6, 6.07) is 0. The van der Waals surface area contributed by atoms with Crippen LogP contribution in [-0.4, -0.2) is 23.1 Å². The van der Waals surface area contributed by atoms with Crippen LogP contribution in [0.25, 0.3) is 0 Å². The summed E-state index contributed by atoms with van der Waals surface area (Å²) in [6.45, 7) is 4.01. The highest BCUT2D eigenvalue weighted by Gasteiger charge is 1.92. The molecule has 0 atom stereocenters. The van der Waals surface area contributed by atoms with Gasteiger partial charge in [0.1, 0.15) is 5.82 Å². The molecule has 3 nitrogen and oxygen atoms in total. The maximum Gasteiger partial charge on any atom is 0.105 e. The first kappa shape index (κ1) is 7.28. The van der Waals surface area contributed by atoms with Crippen molar-refractivity contribution in [1.82, 2.24) is 14.9 Å². The van der Waals surface area contributed by atoms with E-state index in [2.05, 4.69) is 14.9 Å². The van der Waals surface area contributed by atoms with Crippen molar-refractivity contribution in [3.05, 3.63) is 18.2 Å². The SMILES string of the molecule is CNCCn1ccnc1C. The number of aromatic nitrogens is 2. The molecule has 0 aliphatic heterocycles. The molecule has 0 saturated heterocycles. The number of likely N-dealkylation sites (N-methyl/N-ethyl adjacent to an activating group) is 1. The first-order valence-electron chi connectivity index (χ1n) is 3.47. The van der Waals surface area contributed by atoms with Crippen LogP contribution in [0.15, 0.2) is 12.4 Å². The Bertz CT molecular complexity index is 192. The van der Waals surface area contributed by atoms with E-state index in [1.165, 1.54) is 0 Å². The molecule has 0 aliphatic rings. The molecule has 0 fully saturated rings. The molecule has 0 radical (unpaired) electrons. The quantitative estimate of drug-likeness (QED) is 0.657. The second kappa shape index (κ2) is 3.37. The van der Waals surface area contributed by atoms with Crippen molar-refractivity contribution >= 4 is 0 Å². The van der Waals surface area contributed by atoms with Crippen molar-refractivity contribution < 1.29 is 0 Å². The topological polar surface area (TPSA) is 29.9 Å². The number of rotatable bonds is 3. The summed E-state index contributed by atoms with van der Waals surface area (Å²) in [6.07, 6.45) is 3.82. The van der Waals surface area contributed by atoms with Gasteiger partial charge in [-0.2, -0.15) is 0 Å². The monoisotopic (exact) mass is 139 g/mol. The zero-order valence-electron chi connectivity index (χ0n) is 6.46. The fourth-order valence-corrected chi connectivity index (χ4v) is 0.872. The van der Waals surface area contributed by atoms with Gasteiger partial charge < -0.3 is 9.88 Å². The molecule has 3 heteroatoms. The van der Waals surface area contributed by atoms with Gasteiger partial charge in [0.2, 0.25) is 0 Å². The van der Waals surface area contributed by atoms with E-state index in [4.69, 9.17) is 0 Å². The zero-order valence-corrected chi connectivity index (χ0v) is 6.46. The molecular formula is C7H13N3. The van der Waals surface area contributed by atoms with Gasteiger partial charge >= 0.3 is 0 Å². The summed E-state index contributed by atoms with van der Waals surface area (Å²) in [4.78, 5) is 4.10. The van der Waals surface area contributed by atoms with Crippen LogP contribution in [0.2, 0.25) is 0 Å². The van der Waals surface area contributed by atoms with E-state index >= 15 is 0 Å². The second-order valence-corrected chi connectivity index (χ2v) is 2.27. The molecule has 1 N–H and O–H groups in total. The summed E-state index contributed by atoms with van der Waals surface area (Å²) in [5.74, 6) is 1.08. The van der Waals surface area contributed by atoms with E-state index in [9.17, 15) is 0 Å². The van der Waals surface area contributed by atoms with Gasteiger partial charge in [0.15, 0.2) is 0 Å². The Morgan fingerprint density at radius 3 is 3.00 bits per heavy atom. The Labute approximate surface area is 61.1 Å². The smallest absolute Gasteiger partial charge is 0.105 e. The van der Waals surface area contributed by atoms with E-state index < -0.39 is 0 Å². The van der Waals surface area contributed by atoms with Crippen LogP contribution >= 0.6 is 0 Å². The number of hydrogen-bond acceptors (Lipinski definition) is 2. The molecule has 0 aromatic carbocycles. The van der Waals surface area contributed by atoms with Crippen LogP contribution in [-0.2, 0) is 6.54 Å². The van der Waals surface area contributed by atoms with Crippen molar-refractivity contribution in [3.63, 3.8) is 0 Å². The van der Waals surface area contributed by atoms with Crippen LogP contribution in [0.4, 0.5) is 0 Å². The highest BCUT2D eigenvalue weighted by Crippen LogP contribution is 1.92. The van der Waals surface area contributed by atoms with E-state index in [0.717, 1.165) is 18.9 Å². The third-order valence-corrected chi connectivity index (χ3v) is 1.53. The Balaban J connectivity index is 2.49. The molecule has 0 aliphatic carbocycles. The van der Waals surface area contributed by atoms with Crippen molar-refractivity contribution in [2.75, 3.05) is 13.6 Å². The number of hydrogen-bond donors (Lipinski definition) is 1. The van der Waals surface area contributed by atoms with Crippen molar-refractivity contribution in [2.24, 2.45) is 0 Å². The molecule has 0 spiro atoms. The molecule has 1 heterocycles. The maximum atomic E-state index is 4.10. The van der Waals surface area contributed by atoms with E-state index in [1.54, 1.807) is 0 Å². The number of nitrogens with one attached hydrogen (secondary N) is 1. The lowest BCUT2D eigenvalue weighted by Gasteiger charge is -2.02. The van der Waals surface area contributed by atoms with Gasteiger partial charge in [-0.15, -0.1) is 0 Å². The second-order valence-electron chi connectivity index (χ2n) is 2.27. The Kier molecular flexibility index (Phi) is 2.45. The van der Waals surface area contributed by atoms with Crippen molar-refractivity contribution in [1.29, 1.82) is 0 Å². The highest BCUT2D eigenvalue weighted by atomic mass is 15.1. The molecule has 10 heavy (non-hydrogen) atoms. The predicted molar refractivity (Wildman–Crippen MR) is 40.9 cm³/mol. The standard InChI is InChI=1S/C7H13N3/c1-7-9-4-6-10(7)5-3-8-2/h4,6,8H,3,5H2,1-2H3. The zero-order chi connectivity index (χ0) is 7.40. The molecule has 1 aromatic rings. The minimum atomic E-state index is 0.997. The van der Waals surface area contributed by atoms with Crippen molar-refractivity contribution in [3.8, 4) is 0 Å². The van der Waals surface area contributed by atoms with E-state index in [1.807, 2.05) is 26.4 Å². The summed E-state index contributed by atoms with van der Waals surface area (Å²) >= 11 is 0. The van der Waals surface area contributed by atoms with Crippen LogP contribution in [0, 0.1) is 6.92 Å². The molecule has 0 amide bonds. The molecule has 1 rings (SSSR count). The van der Waals surface area contributed by atoms with Gasteiger partial charge in [0.25, 0.3) is 0 Å². The summed E-state index contributed by atoms with van der Waals surface area (Å²) in [5.41, 5.74) is 0. The van der Waals surface area contributed by atoms with Gasteiger partial charge in [-0.05, 0) is 14.0 Å². The van der Waals surface area contributed by atoms with Crippen LogP contribution in [0.5, 0.6) is 0 Å². The molecule has 0 saturated carbocycles. The normalized spacial score (nSPS) is 10.2. The molecule has 0 bridgehead atoms. The largest absolute Gasteiger partial charge is 0.334 e. The molecule has 0 unspecified atom stereocenters. The summed E-state index contributed by atoms with van der Waals surface area (Å²) in [7, 11) is 1.95. The molecule has 1 aromatic heterocycles. The van der Waals surface area contributed by atoms with Crippen LogP contribution < -0.4 is 5.32 Å². The lowest BCUT2D eigenvalue weighted by molar-refractivity contribution is 0.629. The minimum absolute atomic E-state index is 0.997. The van der Waals surface area contributed by atoms with Crippen molar-refractivity contribution in [2.45, 2.75) is 13.5 Å². The van der Waals surface area contributed by atoms with E-state index in [0.29, 0.717) is 0 Å². The van der Waals surface area contributed by atoms with Gasteiger partial charge in [-0.1, -0.05) is 0 Å². The Morgan fingerprint density at radius 1 is 1.70 bits per heavy atom. The summed E-state index contributed by atoms with van der Waals surface area (Å²) in [5, 5.41) is 3.08. The third-order valence-electron chi connectivity index (χ3n) is 1.53. The van der Waals surface area contributed by atoms with Gasteiger partial charge in [-0.3, -0.25) is 0 Å². The average Bonchev–Trinajstić information content (AvgIpc) is 2.31. The predicted octanol–water partition coefficient (Wildman–Crippen LogP) is 0.411. The first-order valence-corrected chi connectivity index (χ1v) is 3.47. The van der Waals surface area contributed by atoms with Gasteiger partial charge in [0.05, 0.1) is 0 Å². The Hall–Kier alpha value is -0.830. The third kappa shape index (κ3) is 1.57. The molecular weight excluding hydrogens is 126 g/mol. The Morgan fingerprint density at radius 2 is 2.50 bits per heavy atom. The summed E-state index contributed by atoms with van der Waals surface area (Å²) < 4.78 is 2.12. The van der Waals surface area contributed by atoms with Gasteiger partial charge in [0, 0.05) is 25.5 Å². The fourth-order valence-electron chi connectivity index (χ4n) is 0.872. The number of imidazole rings is 1.